The number of hydrogen-bond acceptors (Lipinski definition) is 4. The summed E-state index contributed by atoms with van der Waals surface area (Å²) in [7, 11) is 1.92. The highest BCUT2D eigenvalue weighted by Gasteiger charge is 2.37. The van der Waals surface area contributed by atoms with Crippen LogP contribution in [0.4, 0.5) is 10.6 Å². The first-order valence-corrected chi connectivity index (χ1v) is 12.4. The number of aromatic nitrogens is 2. The van der Waals surface area contributed by atoms with Gasteiger partial charge in [-0.3, -0.25) is 4.68 Å². The monoisotopic (exact) mass is 494 g/mol. The van der Waals surface area contributed by atoms with Crippen LogP contribution in [-0.4, -0.2) is 28.0 Å². The van der Waals surface area contributed by atoms with Gasteiger partial charge in [0.15, 0.2) is 0 Å². The summed E-state index contributed by atoms with van der Waals surface area (Å²) in [5.74, 6) is 0.852. The van der Waals surface area contributed by atoms with Gasteiger partial charge in [-0.05, 0) is 37.5 Å². The highest BCUT2D eigenvalue weighted by Crippen LogP contribution is 2.40. The lowest BCUT2D eigenvalue weighted by atomic mass is 9.77. The molecule has 0 saturated heterocycles. The fourth-order valence-electron chi connectivity index (χ4n) is 4.33. The van der Waals surface area contributed by atoms with Crippen LogP contribution in [0.2, 0.25) is 0 Å². The smallest absolute Gasteiger partial charge is 0.407 e. The predicted molar refractivity (Wildman–Crippen MR) is 149 cm³/mol. The Labute approximate surface area is 219 Å². The second-order valence-corrected chi connectivity index (χ2v) is 9.83. The molecule has 0 aliphatic heterocycles. The zero-order valence-corrected chi connectivity index (χ0v) is 21.8. The zero-order chi connectivity index (χ0) is 26.3. The average molecular weight is 495 g/mol. The SMILES string of the molecule is Cn1ncc(C=CCNC(=O)OC(C)(C)C)c1NC(c1ccccc1)(c1ccccc1)c1ccccc1. The van der Waals surface area contributed by atoms with Gasteiger partial charge >= 0.3 is 6.09 Å². The lowest BCUT2D eigenvalue weighted by molar-refractivity contribution is 0.0534. The van der Waals surface area contributed by atoms with Gasteiger partial charge in [0.25, 0.3) is 0 Å². The summed E-state index contributed by atoms with van der Waals surface area (Å²) in [5.41, 5.74) is 3.01. The Kier molecular flexibility index (Phi) is 7.77. The van der Waals surface area contributed by atoms with Crippen LogP contribution >= 0.6 is 0 Å². The van der Waals surface area contributed by atoms with Crippen molar-refractivity contribution in [2.75, 3.05) is 11.9 Å². The molecule has 4 aromatic rings. The van der Waals surface area contributed by atoms with E-state index in [2.05, 4.69) is 88.5 Å². The normalized spacial score (nSPS) is 11.9. The maximum absolute atomic E-state index is 12.0. The summed E-state index contributed by atoms with van der Waals surface area (Å²) >= 11 is 0. The lowest BCUT2D eigenvalue weighted by Crippen LogP contribution is -2.39. The molecule has 6 nitrogen and oxygen atoms in total. The van der Waals surface area contributed by atoms with Crippen LogP contribution in [0.3, 0.4) is 0 Å². The molecule has 6 heteroatoms. The van der Waals surface area contributed by atoms with E-state index in [1.165, 1.54) is 0 Å². The fraction of sp³-hybridized carbons (Fsp3) is 0.226. The highest BCUT2D eigenvalue weighted by atomic mass is 16.6. The lowest BCUT2D eigenvalue weighted by Gasteiger charge is -2.38. The highest BCUT2D eigenvalue weighted by molar-refractivity contribution is 5.70. The number of carbonyl (C=O) groups excluding carboxylic acids is 1. The number of benzene rings is 3. The Hall–Kier alpha value is -4.32. The van der Waals surface area contributed by atoms with Crippen LogP contribution in [0.1, 0.15) is 43.0 Å². The van der Waals surface area contributed by atoms with E-state index in [0.29, 0.717) is 6.54 Å². The number of anilines is 1. The third-order valence-electron chi connectivity index (χ3n) is 5.95. The molecule has 0 aliphatic carbocycles. The topological polar surface area (TPSA) is 68.2 Å². The van der Waals surface area contributed by atoms with Crippen molar-refractivity contribution in [2.45, 2.75) is 31.9 Å². The zero-order valence-electron chi connectivity index (χ0n) is 21.8. The van der Waals surface area contributed by atoms with Gasteiger partial charge in [-0.1, -0.05) is 103 Å². The first-order valence-electron chi connectivity index (χ1n) is 12.4. The maximum atomic E-state index is 12.0. The van der Waals surface area contributed by atoms with Crippen LogP contribution in [0.5, 0.6) is 0 Å². The fourth-order valence-corrected chi connectivity index (χ4v) is 4.33. The van der Waals surface area contributed by atoms with Crippen LogP contribution in [-0.2, 0) is 17.3 Å². The Morgan fingerprint density at radius 2 is 1.35 bits per heavy atom. The molecule has 0 aliphatic rings. The molecule has 0 bridgehead atoms. The summed E-state index contributed by atoms with van der Waals surface area (Å²) in [4.78, 5) is 12.0. The van der Waals surface area contributed by atoms with Gasteiger partial charge in [0, 0.05) is 19.2 Å². The number of carbonyl (C=O) groups is 1. The minimum absolute atomic E-state index is 0.338. The second-order valence-electron chi connectivity index (χ2n) is 9.83. The largest absolute Gasteiger partial charge is 0.444 e. The van der Waals surface area contributed by atoms with Crippen molar-refractivity contribution in [3.63, 3.8) is 0 Å². The van der Waals surface area contributed by atoms with E-state index in [1.54, 1.807) is 0 Å². The van der Waals surface area contributed by atoms with Crippen molar-refractivity contribution in [2.24, 2.45) is 7.05 Å². The quantitative estimate of drug-likeness (QED) is 0.280. The van der Waals surface area contributed by atoms with E-state index >= 15 is 0 Å². The number of hydrogen-bond donors (Lipinski definition) is 2. The predicted octanol–water partition coefficient (Wildman–Crippen LogP) is 6.36. The van der Waals surface area contributed by atoms with E-state index in [4.69, 9.17) is 4.74 Å². The Balaban J connectivity index is 1.73. The van der Waals surface area contributed by atoms with Gasteiger partial charge in [-0.2, -0.15) is 5.10 Å². The van der Waals surface area contributed by atoms with E-state index in [-0.39, 0.29) is 0 Å². The minimum atomic E-state index is -0.672. The number of nitrogens with zero attached hydrogens (tertiary/aromatic N) is 2. The molecule has 0 radical (unpaired) electrons. The van der Waals surface area contributed by atoms with Crippen molar-refractivity contribution >= 4 is 18.0 Å². The van der Waals surface area contributed by atoms with Gasteiger partial charge in [0.2, 0.25) is 0 Å². The molecule has 2 N–H and O–H groups in total. The first kappa shape index (κ1) is 25.8. The third-order valence-corrected chi connectivity index (χ3v) is 5.95. The molecule has 0 atom stereocenters. The molecule has 0 saturated carbocycles. The van der Waals surface area contributed by atoms with Crippen molar-refractivity contribution in [1.29, 1.82) is 0 Å². The molecule has 190 valence electrons. The maximum Gasteiger partial charge on any atom is 0.407 e. The standard InChI is InChI=1S/C31H34N4O2/c1-30(2,3)37-29(36)32-22-14-15-24-23-33-35(4)28(24)34-31(25-16-8-5-9-17-25,26-18-10-6-11-19-26)27-20-12-7-13-21-27/h5-21,23,34H,22H2,1-4H3,(H,32,36). The Morgan fingerprint density at radius 3 is 1.81 bits per heavy atom. The summed E-state index contributed by atoms with van der Waals surface area (Å²) < 4.78 is 7.16. The van der Waals surface area contributed by atoms with E-state index < -0.39 is 17.2 Å². The summed E-state index contributed by atoms with van der Waals surface area (Å²) in [6.45, 7) is 5.86. The van der Waals surface area contributed by atoms with Gasteiger partial charge in [-0.15, -0.1) is 0 Å². The Morgan fingerprint density at radius 1 is 0.865 bits per heavy atom. The van der Waals surface area contributed by atoms with Crippen molar-refractivity contribution in [3.05, 3.63) is 126 Å². The van der Waals surface area contributed by atoms with Crippen molar-refractivity contribution in [1.82, 2.24) is 15.1 Å². The number of alkyl carbamates (subject to hydrolysis) is 1. The molecule has 0 fully saturated rings. The van der Waals surface area contributed by atoms with Gasteiger partial charge in [0.05, 0.1) is 6.20 Å². The average Bonchev–Trinajstić information content (AvgIpc) is 3.24. The number of nitrogens with one attached hydrogen (secondary N) is 2. The van der Waals surface area contributed by atoms with E-state index in [9.17, 15) is 4.79 Å². The first-order chi connectivity index (χ1) is 17.8. The number of rotatable bonds is 8. The minimum Gasteiger partial charge on any atom is -0.444 e. The third kappa shape index (κ3) is 6.09. The van der Waals surface area contributed by atoms with Gasteiger partial charge in [-0.25, -0.2) is 4.79 Å². The molecule has 1 aromatic heterocycles. The van der Waals surface area contributed by atoms with Gasteiger partial charge < -0.3 is 15.4 Å². The van der Waals surface area contributed by atoms with E-state index in [1.807, 2.05) is 69.0 Å². The van der Waals surface area contributed by atoms with Crippen LogP contribution in [0, 0.1) is 0 Å². The molecule has 0 spiro atoms. The molecular formula is C31H34N4O2. The van der Waals surface area contributed by atoms with E-state index in [0.717, 1.165) is 28.1 Å². The number of ether oxygens (including phenoxy) is 1. The molecule has 37 heavy (non-hydrogen) atoms. The number of aryl methyl sites for hydroxylation is 1. The second kappa shape index (κ2) is 11.2. The summed E-state index contributed by atoms with van der Waals surface area (Å²) in [5, 5.41) is 11.2. The van der Waals surface area contributed by atoms with Crippen LogP contribution in [0.25, 0.3) is 6.08 Å². The summed E-state index contributed by atoms with van der Waals surface area (Å²) in [6, 6.07) is 31.3. The molecule has 4 rings (SSSR count). The molecule has 1 amide bonds. The summed E-state index contributed by atoms with van der Waals surface area (Å²) in [6.07, 6.45) is 5.22. The molecule has 1 heterocycles. The van der Waals surface area contributed by atoms with Gasteiger partial charge in [0.1, 0.15) is 17.0 Å². The molecule has 3 aromatic carbocycles. The Bertz CT molecular complexity index is 1230. The molecule has 0 unspecified atom stereocenters. The number of amides is 1. The van der Waals surface area contributed by atoms with Crippen molar-refractivity contribution < 1.29 is 9.53 Å². The van der Waals surface area contributed by atoms with Crippen molar-refractivity contribution in [3.8, 4) is 0 Å². The molecular weight excluding hydrogens is 460 g/mol. The van der Waals surface area contributed by atoms with Crippen LogP contribution in [0.15, 0.2) is 103 Å². The van der Waals surface area contributed by atoms with Crippen LogP contribution < -0.4 is 10.6 Å².